The third kappa shape index (κ3) is 12.9. The van der Waals surface area contributed by atoms with Crippen molar-refractivity contribution in [2.24, 2.45) is 0 Å². The molecule has 11 atom stereocenters. The lowest BCUT2D eigenvalue weighted by molar-refractivity contribution is -0.348. The van der Waals surface area contributed by atoms with E-state index < -0.39 is 112 Å². The highest BCUT2D eigenvalue weighted by Gasteiger charge is 2.52. The number of carbonyl (C=O) groups is 1. The number of ether oxygens (including phenoxy) is 4. The SMILES string of the molecule is CC(=O)N(Cc1cn(CC(O)COCCC[Si](C)(O[Si](C)(C)C)O[Si](C)(C)C)nn1)[C@H]1O[C@H](CO)[C@@H](O[C@@H]2OC(CO)[C@H](O)[C@H](O)C2O)C(O)C1O. The second-order valence-electron chi connectivity index (χ2n) is 15.5. The minimum absolute atomic E-state index is 0.0435. The molecule has 2 aliphatic heterocycles. The first kappa shape index (κ1) is 45.1. The van der Waals surface area contributed by atoms with Gasteiger partial charge in [0.2, 0.25) is 5.91 Å². The molecular formula is C30H60N4O15Si3. The first-order valence-corrected chi connectivity index (χ1v) is 26.8. The largest absolute Gasteiger partial charge is 0.437 e. The van der Waals surface area contributed by atoms with E-state index in [1.165, 1.54) is 17.8 Å². The van der Waals surface area contributed by atoms with Crippen LogP contribution in [0.4, 0.5) is 0 Å². The Labute approximate surface area is 307 Å². The lowest BCUT2D eigenvalue weighted by Gasteiger charge is -2.48. The summed E-state index contributed by atoms with van der Waals surface area (Å²) in [5, 5.41) is 90.8. The van der Waals surface area contributed by atoms with Crippen LogP contribution in [0.15, 0.2) is 6.20 Å². The van der Waals surface area contributed by atoms with Crippen LogP contribution in [0.2, 0.25) is 51.9 Å². The van der Waals surface area contributed by atoms with Crippen LogP contribution in [0.3, 0.4) is 0 Å². The van der Waals surface area contributed by atoms with E-state index in [9.17, 15) is 45.6 Å². The minimum atomic E-state index is -2.39. The molecule has 0 radical (unpaired) electrons. The summed E-state index contributed by atoms with van der Waals surface area (Å²) in [6.07, 6.45) is -14.9. The Hall–Kier alpha value is -1.30. The van der Waals surface area contributed by atoms with Gasteiger partial charge in [0.25, 0.3) is 0 Å². The van der Waals surface area contributed by atoms with Gasteiger partial charge in [0, 0.05) is 13.5 Å². The average Bonchev–Trinajstić information content (AvgIpc) is 3.46. The summed E-state index contributed by atoms with van der Waals surface area (Å²) in [5.74, 6) is -0.575. The van der Waals surface area contributed by atoms with Crippen LogP contribution in [0.1, 0.15) is 19.0 Å². The molecular weight excluding hydrogens is 741 g/mol. The van der Waals surface area contributed by atoms with Crippen molar-refractivity contribution in [2.75, 3.05) is 26.4 Å². The van der Waals surface area contributed by atoms with Crippen molar-refractivity contribution in [3.63, 3.8) is 0 Å². The van der Waals surface area contributed by atoms with E-state index in [0.29, 0.717) is 6.61 Å². The van der Waals surface area contributed by atoms with Gasteiger partial charge in [0.1, 0.15) is 54.5 Å². The average molecular weight is 801 g/mol. The zero-order valence-corrected chi connectivity index (χ0v) is 34.3. The highest BCUT2D eigenvalue weighted by molar-refractivity contribution is 6.87. The topological polar surface area (TPSA) is 268 Å². The Bertz CT molecular complexity index is 1240. The van der Waals surface area contributed by atoms with Gasteiger partial charge in [0.15, 0.2) is 29.2 Å². The zero-order chi connectivity index (χ0) is 39.2. The second-order valence-corrected chi connectivity index (χ2v) is 28.4. The van der Waals surface area contributed by atoms with Crippen LogP contribution in [-0.2, 0) is 45.1 Å². The van der Waals surface area contributed by atoms with Gasteiger partial charge < -0.3 is 72.9 Å². The minimum Gasteiger partial charge on any atom is -0.437 e. The molecule has 5 unspecified atom stereocenters. The summed E-state index contributed by atoms with van der Waals surface area (Å²) in [7, 11) is -6.02. The van der Waals surface area contributed by atoms with Crippen molar-refractivity contribution >= 4 is 31.1 Å². The maximum Gasteiger partial charge on any atom is 0.314 e. The third-order valence-corrected chi connectivity index (χ3v) is 17.9. The van der Waals surface area contributed by atoms with E-state index in [0.717, 1.165) is 17.4 Å². The van der Waals surface area contributed by atoms with Crippen molar-refractivity contribution in [3.8, 4) is 0 Å². The van der Waals surface area contributed by atoms with E-state index in [4.69, 9.17) is 27.2 Å². The number of amides is 1. The molecule has 0 spiro atoms. The van der Waals surface area contributed by atoms with Gasteiger partial charge in [-0.05, 0) is 58.3 Å². The number of hydrogen-bond acceptors (Lipinski definition) is 17. The molecule has 0 bridgehead atoms. The quantitative estimate of drug-likeness (QED) is 0.0545. The van der Waals surface area contributed by atoms with Gasteiger partial charge in [-0.15, -0.1) is 5.10 Å². The fraction of sp³-hybridized carbons (Fsp3) is 0.900. The van der Waals surface area contributed by atoms with Crippen molar-refractivity contribution < 1.29 is 72.8 Å². The highest BCUT2D eigenvalue weighted by atomic mass is 28.5. The highest BCUT2D eigenvalue weighted by Crippen LogP contribution is 2.31. The molecule has 0 saturated carbocycles. The molecule has 1 aromatic heterocycles. The molecule has 2 aliphatic rings. The fourth-order valence-electron chi connectivity index (χ4n) is 6.28. The van der Waals surface area contributed by atoms with Crippen molar-refractivity contribution in [3.05, 3.63) is 11.9 Å². The van der Waals surface area contributed by atoms with Gasteiger partial charge in [-0.1, -0.05) is 5.21 Å². The van der Waals surface area contributed by atoms with Crippen LogP contribution < -0.4 is 0 Å². The van der Waals surface area contributed by atoms with Crippen molar-refractivity contribution in [1.29, 1.82) is 0 Å². The number of carbonyl (C=O) groups excluding carboxylic acids is 1. The molecule has 1 aromatic rings. The van der Waals surface area contributed by atoms with E-state index in [2.05, 4.69) is 56.1 Å². The van der Waals surface area contributed by atoms with Crippen LogP contribution in [0.5, 0.6) is 0 Å². The number of aliphatic hydroxyl groups is 8. The van der Waals surface area contributed by atoms with E-state index in [1.54, 1.807) is 0 Å². The normalized spacial score (nSPS) is 31.1. The van der Waals surface area contributed by atoms with Crippen LogP contribution >= 0.6 is 0 Å². The molecule has 0 aromatic carbocycles. The molecule has 3 heterocycles. The van der Waals surface area contributed by atoms with E-state index >= 15 is 0 Å². The predicted octanol–water partition coefficient (Wildman–Crippen LogP) is -2.21. The van der Waals surface area contributed by atoms with Gasteiger partial charge in [0.05, 0.1) is 45.2 Å². The predicted molar refractivity (Wildman–Crippen MR) is 189 cm³/mol. The maximum atomic E-state index is 12.7. The molecule has 52 heavy (non-hydrogen) atoms. The monoisotopic (exact) mass is 800 g/mol. The van der Waals surface area contributed by atoms with Gasteiger partial charge in [-0.25, -0.2) is 4.68 Å². The Morgan fingerprint density at radius 3 is 2.08 bits per heavy atom. The second kappa shape index (κ2) is 19.0. The fourth-order valence-corrected chi connectivity index (χ4v) is 18.8. The Morgan fingerprint density at radius 2 is 1.52 bits per heavy atom. The summed E-state index contributed by atoms with van der Waals surface area (Å²) in [4.78, 5) is 13.8. The van der Waals surface area contributed by atoms with Gasteiger partial charge >= 0.3 is 8.56 Å². The molecule has 1 amide bonds. The van der Waals surface area contributed by atoms with Crippen molar-refractivity contribution in [1.82, 2.24) is 19.9 Å². The van der Waals surface area contributed by atoms with Crippen LogP contribution in [-0.4, -0.2) is 186 Å². The summed E-state index contributed by atoms with van der Waals surface area (Å²) in [6.45, 7) is 15.0. The summed E-state index contributed by atoms with van der Waals surface area (Å²) in [5.41, 5.74) is 0.267. The number of aromatic nitrogens is 3. The molecule has 3 rings (SSSR count). The third-order valence-electron chi connectivity index (χ3n) is 8.28. The standard InChI is InChI=1S/C30H60N4O15Si3/c1-18(37)34(29-26(42)25(41)28(22(16-36)45-29)47-30-27(43)24(40)23(39)21(15-35)46-30)13-19-12-33(32-31-19)14-20(38)17-44-10-9-11-52(8,48-50(2,3)4)49-51(5,6)7/h12,20-30,35-36,38-43H,9-11,13-17H2,1-8H3/t20?,21?,22-,23+,24+,25?,26?,27?,28-,29+,30+/m1/s1. The first-order valence-electron chi connectivity index (χ1n) is 17.5. The molecule has 8 N–H and O–H groups in total. The van der Waals surface area contributed by atoms with Crippen molar-refractivity contribution in [2.45, 2.75) is 146 Å². The molecule has 302 valence electrons. The molecule has 2 fully saturated rings. The first-order chi connectivity index (χ1) is 24.1. The lowest BCUT2D eigenvalue weighted by atomic mass is 9.96. The maximum absolute atomic E-state index is 12.7. The van der Waals surface area contributed by atoms with E-state index in [1.807, 2.05) is 0 Å². The Balaban J connectivity index is 1.55. The number of nitrogens with zero attached hydrogens (tertiary/aromatic N) is 4. The summed E-state index contributed by atoms with van der Waals surface area (Å²) in [6, 6.07) is 0.776. The molecule has 22 heteroatoms. The molecule has 2 saturated heterocycles. The van der Waals surface area contributed by atoms with Crippen LogP contribution in [0, 0.1) is 0 Å². The Morgan fingerprint density at radius 1 is 0.904 bits per heavy atom. The Kier molecular flexibility index (Phi) is 16.5. The number of hydrogen-bond donors (Lipinski definition) is 8. The smallest absolute Gasteiger partial charge is 0.314 e. The van der Waals surface area contributed by atoms with Gasteiger partial charge in [-0.3, -0.25) is 4.79 Å². The summed E-state index contributed by atoms with van der Waals surface area (Å²) >= 11 is 0. The molecule has 19 nitrogen and oxygen atoms in total. The number of aliphatic hydroxyl groups excluding tert-OH is 8. The van der Waals surface area contributed by atoms with E-state index in [-0.39, 0.29) is 25.4 Å². The molecule has 0 aliphatic carbocycles. The number of rotatable bonds is 19. The summed E-state index contributed by atoms with van der Waals surface area (Å²) < 4.78 is 36.9. The van der Waals surface area contributed by atoms with Gasteiger partial charge in [-0.2, -0.15) is 0 Å². The van der Waals surface area contributed by atoms with Crippen LogP contribution in [0.25, 0.3) is 0 Å². The zero-order valence-electron chi connectivity index (χ0n) is 31.3. The lowest BCUT2D eigenvalue weighted by Crippen LogP contribution is -2.66.